The van der Waals surface area contributed by atoms with E-state index in [2.05, 4.69) is 0 Å². The Hall–Kier alpha value is -1.35. The number of carbonyl (C=O) groups excluding carboxylic acids is 1. The first-order valence-corrected chi connectivity index (χ1v) is 6.03. The highest BCUT2D eigenvalue weighted by Crippen LogP contribution is 2.04. The Bertz CT molecular complexity index is 321. The Morgan fingerprint density at radius 3 is 2.65 bits per heavy atom. The van der Waals surface area contributed by atoms with Crippen molar-refractivity contribution in [3.05, 3.63) is 35.9 Å². The molecule has 94 valence electrons. The minimum atomic E-state index is -0.152. The van der Waals surface area contributed by atoms with E-state index in [0.717, 1.165) is 12.0 Å². The summed E-state index contributed by atoms with van der Waals surface area (Å²) in [5, 5.41) is 0. The van der Waals surface area contributed by atoms with Crippen LogP contribution >= 0.6 is 0 Å². The van der Waals surface area contributed by atoms with E-state index in [0.29, 0.717) is 19.6 Å². The molecule has 1 aromatic carbocycles. The zero-order valence-electron chi connectivity index (χ0n) is 10.5. The van der Waals surface area contributed by atoms with Crippen molar-refractivity contribution in [1.82, 2.24) is 0 Å². The van der Waals surface area contributed by atoms with Crippen molar-refractivity contribution in [3.8, 4) is 0 Å². The van der Waals surface area contributed by atoms with E-state index in [1.54, 1.807) is 6.92 Å². The molecule has 0 saturated heterocycles. The molecule has 0 unspecified atom stereocenters. The molecule has 3 heteroatoms. The molecule has 1 rings (SSSR count). The summed E-state index contributed by atoms with van der Waals surface area (Å²) < 4.78 is 10.6. The van der Waals surface area contributed by atoms with Crippen LogP contribution in [0.3, 0.4) is 0 Å². The molecule has 0 aliphatic carbocycles. The molecule has 0 aliphatic rings. The SMILES string of the molecule is CCC(=O)O[C@H](C)CCOCc1ccccc1. The Labute approximate surface area is 103 Å². The number of carbonyl (C=O) groups is 1. The highest BCUT2D eigenvalue weighted by atomic mass is 16.5. The highest BCUT2D eigenvalue weighted by molar-refractivity contribution is 5.69. The third kappa shape index (κ3) is 6.07. The van der Waals surface area contributed by atoms with Crippen LogP contribution in [0.5, 0.6) is 0 Å². The molecule has 0 aromatic heterocycles. The second-order valence-electron chi connectivity index (χ2n) is 3.98. The van der Waals surface area contributed by atoms with Crippen LogP contribution in [-0.2, 0) is 20.9 Å². The summed E-state index contributed by atoms with van der Waals surface area (Å²) in [7, 11) is 0. The first kappa shape index (κ1) is 13.7. The van der Waals surface area contributed by atoms with Crippen LogP contribution in [0.1, 0.15) is 32.3 Å². The predicted molar refractivity (Wildman–Crippen MR) is 66.6 cm³/mol. The summed E-state index contributed by atoms with van der Waals surface area (Å²) >= 11 is 0. The molecule has 0 radical (unpaired) electrons. The third-order valence-electron chi connectivity index (χ3n) is 2.40. The van der Waals surface area contributed by atoms with Crippen LogP contribution in [0.25, 0.3) is 0 Å². The lowest BCUT2D eigenvalue weighted by atomic mass is 10.2. The molecule has 3 nitrogen and oxygen atoms in total. The van der Waals surface area contributed by atoms with Gasteiger partial charge in [-0.05, 0) is 12.5 Å². The van der Waals surface area contributed by atoms with Gasteiger partial charge in [0.25, 0.3) is 0 Å². The molecule has 0 N–H and O–H groups in total. The zero-order valence-corrected chi connectivity index (χ0v) is 10.5. The highest BCUT2D eigenvalue weighted by Gasteiger charge is 2.06. The lowest BCUT2D eigenvalue weighted by molar-refractivity contribution is -0.148. The van der Waals surface area contributed by atoms with Crippen molar-refractivity contribution in [2.24, 2.45) is 0 Å². The van der Waals surface area contributed by atoms with Crippen molar-refractivity contribution >= 4 is 5.97 Å². The van der Waals surface area contributed by atoms with Gasteiger partial charge in [0.05, 0.1) is 13.2 Å². The number of ether oxygens (including phenoxy) is 2. The zero-order chi connectivity index (χ0) is 12.5. The quantitative estimate of drug-likeness (QED) is 0.539. The molecular formula is C14H20O3. The van der Waals surface area contributed by atoms with Gasteiger partial charge in [-0.3, -0.25) is 4.79 Å². The maximum Gasteiger partial charge on any atom is 0.305 e. The van der Waals surface area contributed by atoms with Gasteiger partial charge in [0.15, 0.2) is 0 Å². The Balaban J connectivity index is 2.10. The molecule has 0 fully saturated rings. The van der Waals surface area contributed by atoms with Crippen LogP contribution < -0.4 is 0 Å². The van der Waals surface area contributed by atoms with Gasteiger partial charge >= 0.3 is 5.97 Å². The number of esters is 1. The van der Waals surface area contributed by atoms with Crippen LogP contribution in [0.4, 0.5) is 0 Å². The summed E-state index contributed by atoms with van der Waals surface area (Å²) in [5.41, 5.74) is 1.16. The first-order chi connectivity index (χ1) is 8.22. The molecule has 1 aromatic rings. The maximum atomic E-state index is 11.0. The summed E-state index contributed by atoms with van der Waals surface area (Å²) in [5.74, 6) is -0.152. The second-order valence-corrected chi connectivity index (χ2v) is 3.98. The molecule has 1 atom stereocenters. The topological polar surface area (TPSA) is 35.5 Å². The fraction of sp³-hybridized carbons (Fsp3) is 0.500. The van der Waals surface area contributed by atoms with Gasteiger partial charge < -0.3 is 9.47 Å². The number of hydrogen-bond donors (Lipinski definition) is 0. The molecular weight excluding hydrogens is 216 g/mol. The summed E-state index contributed by atoms with van der Waals surface area (Å²) in [6.07, 6.45) is 1.09. The normalized spacial score (nSPS) is 12.1. The molecule has 0 aliphatic heterocycles. The van der Waals surface area contributed by atoms with E-state index in [4.69, 9.17) is 9.47 Å². The van der Waals surface area contributed by atoms with E-state index >= 15 is 0 Å². The standard InChI is InChI=1S/C14H20O3/c1-3-14(15)17-12(2)9-10-16-11-13-7-5-4-6-8-13/h4-8,12H,3,9-11H2,1-2H3/t12-/m1/s1. The largest absolute Gasteiger partial charge is 0.463 e. The Morgan fingerprint density at radius 2 is 2.00 bits per heavy atom. The summed E-state index contributed by atoms with van der Waals surface area (Å²) in [4.78, 5) is 11.0. The van der Waals surface area contributed by atoms with Gasteiger partial charge in [0, 0.05) is 12.8 Å². The van der Waals surface area contributed by atoms with Gasteiger partial charge in [-0.15, -0.1) is 0 Å². The van der Waals surface area contributed by atoms with E-state index in [1.165, 1.54) is 0 Å². The van der Waals surface area contributed by atoms with Crippen molar-refractivity contribution < 1.29 is 14.3 Å². The minimum Gasteiger partial charge on any atom is -0.463 e. The van der Waals surface area contributed by atoms with Crippen molar-refractivity contribution in [2.45, 2.75) is 39.4 Å². The van der Waals surface area contributed by atoms with Crippen molar-refractivity contribution in [3.63, 3.8) is 0 Å². The first-order valence-electron chi connectivity index (χ1n) is 6.03. The van der Waals surface area contributed by atoms with Gasteiger partial charge in [0.1, 0.15) is 6.10 Å². The molecule has 0 bridgehead atoms. The van der Waals surface area contributed by atoms with Crippen molar-refractivity contribution in [1.29, 1.82) is 0 Å². The van der Waals surface area contributed by atoms with Gasteiger partial charge in [0.2, 0.25) is 0 Å². The van der Waals surface area contributed by atoms with Gasteiger partial charge in [-0.2, -0.15) is 0 Å². The van der Waals surface area contributed by atoms with Crippen LogP contribution in [0.15, 0.2) is 30.3 Å². The lowest BCUT2D eigenvalue weighted by Crippen LogP contribution is -2.16. The fourth-order valence-electron chi connectivity index (χ4n) is 1.38. The molecule has 0 heterocycles. The lowest BCUT2D eigenvalue weighted by Gasteiger charge is -2.12. The minimum absolute atomic E-state index is 0.0711. The fourth-order valence-corrected chi connectivity index (χ4v) is 1.38. The molecule has 0 amide bonds. The number of rotatable bonds is 7. The summed E-state index contributed by atoms with van der Waals surface area (Å²) in [6, 6.07) is 10.0. The Kier molecular flexibility index (Phi) is 6.33. The van der Waals surface area contributed by atoms with Crippen LogP contribution in [0, 0.1) is 0 Å². The summed E-state index contributed by atoms with van der Waals surface area (Å²) in [6.45, 7) is 4.89. The van der Waals surface area contributed by atoms with E-state index in [9.17, 15) is 4.79 Å². The van der Waals surface area contributed by atoms with Crippen LogP contribution in [0.2, 0.25) is 0 Å². The third-order valence-corrected chi connectivity index (χ3v) is 2.40. The van der Waals surface area contributed by atoms with E-state index < -0.39 is 0 Å². The smallest absolute Gasteiger partial charge is 0.305 e. The maximum absolute atomic E-state index is 11.0. The average molecular weight is 236 g/mol. The number of benzene rings is 1. The van der Waals surface area contributed by atoms with E-state index in [1.807, 2.05) is 37.3 Å². The predicted octanol–water partition coefficient (Wildman–Crippen LogP) is 2.94. The monoisotopic (exact) mass is 236 g/mol. The van der Waals surface area contributed by atoms with Crippen LogP contribution in [-0.4, -0.2) is 18.7 Å². The average Bonchev–Trinajstić information content (AvgIpc) is 2.36. The van der Waals surface area contributed by atoms with Gasteiger partial charge in [-0.1, -0.05) is 37.3 Å². The van der Waals surface area contributed by atoms with Crippen molar-refractivity contribution in [2.75, 3.05) is 6.61 Å². The molecule has 17 heavy (non-hydrogen) atoms. The van der Waals surface area contributed by atoms with Gasteiger partial charge in [-0.25, -0.2) is 0 Å². The Morgan fingerprint density at radius 1 is 1.29 bits per heavy atom. The second kappa shape index (κ2) is 7.85. The number of hydrogen-bond acceptors (Lipinski definition) is 3. The molecule has 0 saturated carbocycles. The molecule has 0 spiro atoms. The van der Waals surface area contributed by atoms with E-state index in [-0.39, 0.29) is 12.1 Å².